The minimum Gasteiger partial charge on any atom is -0.481 e. The summed E-state index contributed by atoms with van der Waals surface area (Å²) < 4.78 is 42.2. The first-order valence-corrected chi connectivity index (χ1v) is 7.10. The summed E-state index contributed by atoms with van der Waals surface area (Å²) in [6.45, 7) is 1.44. The second-order valence-corrected chi connectivity index (χ2v) is 6.12. The fourth-order valence-electron chi connectivity index (χ4n) is 3.31. The van der Waals surface area contributed by atoms with Gasteiger partial charge in [0.2, 0.25) is 0 Å². The van der Waals surface area contributed by atoms with Crippen LogP contribution in [0.5, 0.6) is 0 Å². The Bertz CT molecular complexity index is 534. The van der Waals surface area contributed by atoms with Crippen LogP contribution in [0.4, 0.5) is 13.2 Å². The molecule has 1 saturated carbocycles. The second kappa shape index (κ2) is 5.70. The fraction of sp³-hybridized carbons (Fsp3) is 0.562. The van der Waals surface area contributed by atoms with E-state index in [1.54, 1.807) is 0 Å². The smallest absolute Gasteiger partial charge is 0.303 e. The van der Waals surface area contributed by atoms with Gasteiger partial charge >= 0.3 is 5.97 Å². The van der Waals surface area contributed by atoms with Crippen molar-refractivity contribution in [3.63, 3.8) is 0 Å². The molecule has 1 aliphatic rings. The third kappa shape index (κ3) is 3.57. The van der Waals surface area contributed by atoms with Crippen molar-refractivity contribution in [1.29, 1.82) is 0 Å². The van der Waals surface area contributed by atoms with E-state index in [4.69, 9.17) is 5.11 Å². The van der Waals surface area contributed by atoms with E-state index in [0.29, 0.717) is 12.8 Å². The minimum absolute atomic E-state index is 0.172. The molecule has 0 aromatic heterocycles. The number of rotatable bonds is 5. The van der Waals surface area contributed by atoms with Gasteiger partial charge in [-0.3, -0.25) is 4.79 Å². The van der Waals surface area contributed by atoms with E-state index in [0.717, 1.165) is 31.0 Å². The highest BCUT2D eigenvalue weighted by molar-refractivity contribution is 5.67. The standard InChI is InChI=1S/C16H19F3O2/c1-11-8-12(4-5-13(11)17)16(18,19)10-15(9-14(20)21)6-2-3-7-15/h4-5,8H,2-3,6-7,9-10H2,1H3,(H,20,21). The highest BCUT2D eigenvalue weighted by atomic mass is 19.3. The number of hydrogen-bond donors (Lipinski definition) is 1. The van der Waals surface area contributed by atoms with Crippen LogP contribution in [0.15, 0.2) is 18.2 Å². The lowest BCUT2D eigenvalue weighted by molar-refractivity contribution is -0.141. The molecular weight excluding hydrogens is 281 g/mol. The Morgan fingerprint density at radius 2 is 1.95 bits per heavy atom. The maximum Gasteiger partial charge on any atom is 0.303 e. The van der Waals surface area contributed by atoms with Gasteiger partial charge in [0, 0.05) is 12.0 Å². The Labute approximate surface area is 122 Å². The molecule has 0 aliphatic heterocycles. The number of carbonyl (C=O) groups is 1. The van der Waals surface area contributed by atoms with Crippen molar-refractivity contribution >= 4 is 5.97 Å². The zero-order chi connectivity index (χ0) is 15.7. The predicted octanol–water partition coefficient (Wildman–Crippen LogP) is 4.65. The van der Waals surface area contributed by atoms with E-state index in [1.807, 2.05) is 0 Å². The number of hydrogen-bond acceptors (Lipinski definition) is 1. The molecule has 2 rings (SSSR count). The summed E-state index contributed by atoms with van der Waals surface area (Å²) in [5.41, 5.74) is -0.915. The predicted molar refractivity (Wildman–Crippen MR) is 72.8 cm³/mol. The lowest BCUT2D eigenvalue weighted by Gasteiger charge is -2.32. The van der Waals surface area contributed by atoms with Crippen molar-refractivity contribution < 1.29 is 23.1 Å². The number of halogens is 3. The second-order valence-electron chi connectivity index (χ2n) is 6.12. The molecule has 0 saturated heterocycles. The van der Waals surface area contributed by atoms with E-state index in [9.17, 15) is 18.0 Å². The van der Waals surface area contributed by atoms with E-state index in [2.05, 4.69) is 0 Å². The lowest BCUT2D eigenvalue weighted by atomic mass is 9.76. The maximum absolute atomic E-state index is 14.5. The zero-order valence-corrected chi connectivity index (χ0v) is 12.0. The number of carboxylic acids is 1. The molecule has 1 N–H and O–H groups in total. The fourth-order valence-corrected chi connectivity index (χ4v) is 3.31. The van der Waals surface area contributed by atoms with Crippen molar-refractivity contribution in [3.8, 4) is 0 Å². The molecule has 0 heterocycles. The summed E-state index contributed by atoms with van der Waals surface area (Å²) in [7, 11) is 0. The summed E-state index contributed by atoms with van der Waals surface area (Å²) in [6, 6.07) is 3.28. The van der Waals surface area contributed by atoms with Crippen LogP contribution in [-0.4, -0.2) is 11.1 Å². The highest BCUT2D eigenvalue weighted by Gasteiger charge is 2.46. The van der Waals surface area contributed by atoms with Gasteiger partial charge in [0.05, 0.1) is 6.42 Å². The Morgan fingerprint density at radius 3 is 2.48 bits per heavy atom. The number of alkyl halides is 2. The Morgan fingerprint density at radius 1 is 1.33 bits per heavy atom. The Kier molecular flexibility index (Phi) is 4.30. The molecule has 2 nitrogen and oxygen atoms in total. The van der Waals surface area contributed by atoms with Gasteiger partial charge in [-0.1, -0.05) is 18.9 Å². The van der Waals surface area contributed by atoms with Crippen LogP contribution in [0, 0.1) is 18.2 Å². The van der Waals surface area contributed by atoms with Gasteiger partial charge < -0.3 is 5.11 Å². The van der Waals surface area contributed by atoms with E-state index >= 15 is 0 Å². The number of aliphatic carboxylic acids is 1. The van der Waals surface area contributed by atoms with Gasteiger partial charge in [-0.15, -0.1) is 0 Å². The Hall–Kier alpha value is -1.52. The third-order valence-corrected chi connectivity index (χ3v) is 4.37. The summed E-state index contributed by atoms with van der Waals surface area (Å²) >= 11 is 0. The minimum atomic E-state index is -3.14. The van der Waals surface area contributed by atoms with Crippen LogP contribution in [0.1, 0.15) is 49.7 Å². The quantitative estimate of drug-likeness (QED) is 0.859. The first-order chi connectivity index (χ1) is 9.74. The maximum atomic E-state index is 14.5. The van der Waals surface area contributed by atoms with Gasteiger partial charge in [-0.25, -0.2) is 13.2 Å². The topological polar surface area (TPSA) is 37.3 Å². The SMILES string of the molecule is Cc1cc(C(F)(F)CC2(CC(=O)O)CCCC2)ccc1F. The Balaban J connectivity index is 2.25. The molecular formula is C16H19F3O2. The summed E-state index contributed by atoms with van der Waals surface area (Å²) in [6.07, 6.45) is 1.86. The van der Waals surface area contributed by atoms with Crippen molar-refractivity contribution in [2.45, 2.75) is 51.4 Å². The summed E-state index contributed by atoms with van der Waals surface area (Å²) in [5, 5.41) is 8.99. The van der Waals surface area contributed by atoms with Crippen molar-refractivity contribution in [2.24, 2.45) is 5.41 Å². The molecule has 0 radical (unpaired) electrons. The molecule has 0 bridgehead atoms. The normalized spacial score (nSPS) is 17.9. The van der Waals surface area contributed by atoms with Crippen LogP contribution >= 0.6 is 0 Å². The van der Waals surface area contributed by atoms with Crippen molar-refractivity contribution in [1.82, 2.24) is 0 Å². The van der Waals surface area contributed by atoms with Crippen LogP contribution in [0.2, 0.25) is 0 Å². The van der Waals surface area contributed by atoms with Gasteiger partial charge in [0.1, 0.15) is 5.82 Å². The number of aryl methyl sites for hydroxylation is 1. The molecule has 1 aliphatic carbocycles. The summed E-state index contributed by atoms with van der Waals surface area (Å²) in [4.78, 5) is 11.0. The van der Waals surface area contributed by atoms with Crippen LogP contribution in [0.3, 0.4) is 0 Å². The van der Waals surface area contributed by atoms with Crippen LogP contribution < -0.4 is 0 Å². The largest absolute Gasteiger partial charge is 0.481 e. The number of carboxylic acid groups (broad SMARTS) is 1. The highest BCUT2D eigenvalue weighted by Crippen LogP contribution is 2.51. The molecule has 21 heavy (non-hydrogen) atoms. The molecule has 1 fully saturated rings. The van der Waals surface area contributed by atoms with Gasteiger partial charge in [0.15, 0.2) is 0 Å². The van der Waals surface area contributed by atoms with Gasteiger partial charge in [-0.2, -0.15) is 0 Å². The lowest BCUT2D eigenvalue weighted by Crippen LogP contribution is -2.29. The average Bonchev–Trinajstić information content (AvgIpc) is 2.78. The molecule has 0 atom stereocenters. The first-order valence-electron chi connectivity index (χ1n) is 7.10. The molecule has 0 unspecified atom stereocenters. The molecule has 5 heteroatoms. The van der Waals surface area contributed by atoms with Gasteiger partial charge in [-0.05, 0) is 42.9 Å². The summed E-state index contributed by atoms with van der Waals surface area (Å²) in [5.74, 6) is -4.70. The molecule has 0 spiro atoms. The molecule has 1 aromatic rings. The monoisotopic (exact) mass is 300 g/mol. The van der Waals surface area contributed by atoms with Crippen LogP contribution in [-0.2, 0) is 10.7 Å². The molecule has 0 amide bonds. The average molecular weight is 300 g/mol. The third-order valence-electron chi connectivity index (χ3n) is 4.37. The zero-order valence-electron chi connectivity index (χ0n) is 12.0. The number of benzene rings is 1. The van der Waals surface area contributed by atoms with E-state index < -0.39 is 29.5 Å². The van der Waals surface area contributed by atoms with Crippen molar-refractivity contribution in [3.05, 3.63) is 35.1 Å². The molecule has 116 valence electrons. The van der Waals surface area contributed by atoms with Crippen molar-refractivity contribution in [2.75, 3.05) is 0 Å². The van der Waals surface area contributed by atoms with Crippen LogP contribution in [0.25, 0.3) is 0 Å². The first kappa shape index (κ1) is 15.9. The van der Waals surface area contributed by atoms with Gasteiger partial charge in [0.25, 0.3) is 5.92 Å². The molecule has 1 aromatic carbocycles. The van der Waals surface area contributed by atoms with E-state index in [-0.39, 0.29) is 17.5 Å². The van der Waals surface area contributed by atoms with E-state index in [1.165, 1.54) is 6.92 Å².